The van der Waals surface area contributed by atoms with E-state index in [1.807, 2.05) is 42.5 Å². The Morgan fingerprint density at radius 1 is 0.482 bits per heavy atom. The average molecular weight is 718 g/mol. The lowest BCUT2D eigenvalue weighted by Gasteiger charge is -2.20. The summed E-state index contributed by atoms with van der Waals surface area (Å²) < 4.78 is 13.0. The summed E-state index contributed by atoms with van der Waals surface area (Å²) in [5.74, 6) is 3.25. The van der Waals surface area contributed by atoms with Crippen LogP contribution in [-0.2, 0) is 6.42 Å². The molecule has 1 unspecified atom stereocenters. The predicted octanol–water partition coefficient (Wildman–Crippen LogP) is 13.2. The summed E-state index contributed by atoms with van der Waals surface area (Å²) in [6, 6.07) is 48.4. The third-order valence-electron chi connectivity index (χ3n) is 11.4. The smallest absolute Gasteiger partial charge is 0.164 e. The van der Waals surface area contributed by atoms with Crippen LogP contribution < -0.4 is 0 Å². The number of allylic oxidation sites excluding steroid dienone is 5. The molecule has 262 valence electrons. The molecule has 2 aliphatic carbocycles. The van der Waals surface area contributed by atoms with Crippen LogP contribution >= 0.6 is 0 Å². The maximum absolute atomic E-state index is 6.52. The number of aromatic nitrogens is 3. The van der Waals surface area contributed by atoms with Crippen LogP contribution in [0.25, 0.3) is 106 Å². The molecule has 2 aliphatic rings. The lowest BCUT2D eigenvalue weighted by atomic mass is 9.84. The fraction of sp³-hybridized carbons (Fsp3) is 0.0392. The normalized spacial score (nSPS) is 14.9. The number of rotatable bonds is 4. The summed E-state index contributed by atoms with van der Waals surface area (Å²) in [4.78, 5) is 15.6. The summed E-state index contributed by atoms with van der Waals surface area (Å²) >= 11 is 0. The van der Waals surface area contributed by atoms with Gasteiger partial charge in [0.1, 0.15) is 22.5 Å². The second-order valence-electron chi connectivity index (χ2n) is 14.7. The Balaban J connectivity index is 1.04. The standard InChI is InChI=1S/C51H31N3O2/c1-2-11-30(12-3-1)49-52-50(54-51(53-49)42-27-35-15-6-7-16-36(35)37-17-8-9-18-38(37)42)40-19-10-20-45-48(40)43-26-33(22-24-44(43)55-45)34-21-23-39-41-25-31-13-4-5-14-32(31)28-47(41)56-46(39)29-34/h1-27,29,32H,28H2. The van der Waals surface area contributed by atoms with E-state index < -0.39 is 0 Å². The van der Waals surface area contributed by atoms with Gasteiger partial charge in [0.25, 0.3) is 0 Å². The zero-order valence-corrected chi connectivity index (χ0v) is 30.1. The second kappa shape index (κ2) is 12.1. The van der Waals surface area contributed by atoms with E-state index in [0.29, 0.717) is 23.4 Å². The molecule has 10 aromatic rings. The summed E-state index contributed by atoms with van der Waals surface area (Å²) in [6.45, 7) is 0. The first kappa shape index (κ1) is 31.0. The molecule has 1 atom stereocenters. The van der Waals surface area contributed by atoms with Gasteiger partial charge in [0, 0.05) is 50.8 Å². The van der Waals surface area contributed by atoms with Crippen LogP contribution in [0.5, 0.6) is 0 Å². The monoisotopic (exact) mass is 717 g/mol. The molecular weight excluding hydrogens is 687 g/mol. The molecule has 0 spiro atoms. The highest BCUT2D eigenvalue weighted by atomic mass is 16.3. The van der Waals surface area contributed by atoms with Gasteiger partial charge in [-0.2, -0.15) is 0 Å². The van der Waals surface area contributed by atoms with Gasteiger partial charge in [-0.15, -0.1) is 0 Å². The SMILES string of the molecule is C1=CC2=Cc3c(oc4cc(-c5ccc6oc7cccc(-c8nc(-c9ccccc9)nc(-c9cc%10ccccc%10c%10ccccc9%10)n8)c7c6c5)ccc34)CC2C=C1. The van der Waals surface area contributed by atoms with E-state index >= 15 is 0 Å². The van der Waals surface area contributed by atoms with Crippen molar-refractivity contribution in [3.8, 4) is 45.3 Å². The van der Waals surface area contributed by atoms with Crippen LogP contribution in [0, 0.1) is 5.92 Å². The van der Waals surface area contributed by atoms with Gasteiger partial charge >= 0.3 is 0 Å². The van der Waals surface area contributed by atoms with E-state index in [1.54, 1.807) is 0 Å². The van der Waals surface area contributed by atoms with Gasteiger partial charge in [0.05, 0.1) is 0 Å². The van der Waals surface area contributed by atoms with Gasteiger partial charge in [-0.1, -0.05) is 127 Å². The van der Waals surface area contributed by atoms with Crippen molar-refractivity contribution in [2.45, 2.75) is 6.42 Å². The average Bonchev–Trinajstić information content (AvgIpc) is 3.82. The Kier molecular flexibility index (Phi) is 6.69. The van der Waals surface area contributed by atoms with Gasteiger partial charge < -0.3 is 8.83 Å². The van der Waals surface area contributed by atoms with Crippen molar-refractivity contribution in [1.82, 2.24) is 15.0 Å². The van der Waals surface area contributed by atoms with Crippen LogP contribution in [0.4, 0.5) is 0 Å². The van der Waals surface area contributed by atoms with Crippen molar-refractivity contribution in [2.75, 3.05) is 0 Å². The number of fused-ring (bicyclic) bond motifs is 10. The van der Waals surface area contributed by atoms with Crippen LogP contribution in [0.1, 0.15) is 11.3 Å². The summed E-state index contributed by atoms with van der Waals surface area (Å²) in [6.07, 6.45) is 11.9. The maximum atomic E-state index is 6.52. The number of hydrogen-bond donors (Lipinski definition) is 0. The maximum Gasteiger partial charge on any atom is 0.164 e. The molecule has 0 amide bonds. The van der Waals surface area contributed by atoms with E-state index in [2.05, 4.69) is 127 Å². The molecule has 0 fully saturated rings. The molecule has 5 heteroatoms. The van der Waals surface area contributed by atoms with E-state index in [4.69, 9.17) is 23.8 Å². The second-order valence-corrected chi connectivity index (χ2v) is 14.7. The molecule has 0 saturated carbocycles. The van der Waals surface area contributed by atoms with Gasteiger partial charge in [-0.05, 0) is 80.7 Å². The largest absolute Gasteiger partial charge is 0.460 e. The highest BCUT2D eigenvalue weighted by molar-refractivity contribution is 6.14. The zero-order valence-electron chi connectivity index (χ0n) is 30.1. The molecule has 0 saturated heterocycles. The van der Waals surface area contributed by atoms with Crippen LogP contribution in [0.2, 0.25) is 0 Å². The van der Waals surface area contributed by atoms with Crippen molar-refractivity contribution in [2.24, 2.45) is 5.92 Å². The van der Waals surface area contributed by atoms with Crippen LogP contribution in [0.3, 0.4) is 0 Å². The number of furan rings is 2. The minimum Gasteiger partial charge on any atom is -0.460 e. The highest BCUT2D eigenvalue weighted by Gasteiger charge is 2.25. The summed E-state index contributed by atoms with van der Waals surface area (Å²) in [5.41, 5.74) is 9.95. The van der Waals surface area contributed by atoms with Crippen LogP contribution in [0.15, 0.2) is 178 Å². The quantitative estimate of drug-likeness (QED) is 0.170. The molecule has 0 bridgehead atoms. The number of hydrogen-bond acceptors (Lipinski definition) is 5. The highest BCUT2D eigenvalue weighted by Crippen LogP contribution is 2.42. The van der Waals surface area contributed by atoms with Crippen molar-refractivity contribution in [3.63, 3.8) is 0 Å². The lowest BCUT2D eigenvalue weighted by Crippen LogP contribution is -2.09. The molecule has 12 rings (SSSR count). The van der Waals surface area contributed by atoms with Crippen LogP contribution in [-0.4, -0.2) is 15.0 Å². The van der Waals surface area contributed by atoms with Gasteiger partial charge in [-0.25, -0.2) is 15.0 Å². The van der Waals surface area contributed by atoms with Crippen molar-refractivity contribution in [3.05, 3.63) is 181 Å². The molecule has 0 radical (unpaired) electrons. The number of nitrogens with zero attached hydrogens (tertiary/aromatic N) is 3. The third-order valence-corrected chi connectivity index (χ3v) is 11.4. The molecular formula is C51H31N3O2. The van der Waals surface area contributed by atoms with E-state index in [9.17, 15) is 0 Å². The van der Waals surface area contributed by atoms with Crippen molar-refractivity contribution >= 4 is 60.5 Å². The Hall–Kier alpha value is -7.37. The predicted molar refractivity (Wildman–Crippen MR) is 227 cm³/mol. The Morgan fingerprint density at radius 2 is 1.25 bits per heavy atom. The molecule has 5 nitrogen and oxygen atoms in total. The lowest BCUT2D eigenvalue weighted by molar-refractivity contribution is 0.521. The Morgan fingerprint density at radius 3 is 2.16 bits per heavy atom. The van der Waals surface area contributed by atoms with E-state index in [0.717, 1.165) is 89.1 Å². The first-order valence-corrected chi connectivity index (χ1v) is 19.0. The minimum absolute atomic E-state index is 0.370. The van der Waals surface area contributed by atoms with E-state index in [-0.39, 0.29) is 0 Å². The summed E-state index contributed by atoms with van der Waals surface area (Å²) in [5, 5.41) is 7.71. The van der Waals surface area contributed by atoms with E-state index in [1.165, 1.54) is 16.5 Å². The van der Waals surface area contributed by atoms with Gasteiger partial charge in [0.15, 0.2) is 17.5 Å². The van der Waals surface area contributed by atoms with Crippen molar-refractivity contribution < 1.29 is 8.83 Å². The van der Waals surface area contributed by atoms with Crippen molar-refractivity contribution in [1.29, 1.82) is 0 Å². The topological polar surface area (TPSA) is 65.0 Å². The number of benzene rings is 7. The molecule has 3 heterocycles. The first-order valence-electron chi connectivity index (χ1n) is 19.0. The molecule has 0 N–H and O–H groups in total. The first-order chi connectivity index (χ1) is 27.7. The minimum atomic E-state index is 0.370. The zero-order chi connectivity index (χ0) is 36.7. The third kappa shape index (κ3) is 4.84. The Bertz CT molecular complexity index is 3350. The molecule has 3 aromatic heterocycles. The fourth-order valence-electron chi connectivity index (χ4n) is 8.73. The fourth-order valence-corrected chi connectivity index (χ4v) is 8.73. The molecule has 7 aromatic carbocycles. The van der Waals surface area contributed by atoms with Gasteiger partial charge in [-0.3, -0.25) is 0 Å². The molecule has 0 aliphatic heterocycles. The Labute approximate surface area is 321 Å². The summed E-state index contributed by atoms with van der Waals surface area (Å²) in [7, 11) is 0. The van der Waals surface area contributed by atoms with Gasteiger partial charge in [0.2, 0.25) is 0 Å². The molecule has 56 heavy (non-hydrogen) atoms.